The summed E-state index contributed by atoms with van der Waals surface area (Å²) in [5.41, 5.74) is 1.73. The highest BCUT2D eigenvalue weighted by molar-refractivity contribution is 6.34. The van der Waals surface area contributed by atoms with Gasteiger partial charge >= 0.3 is 6.18 Å². The summed E-state index contributed by atoms with van der Waals surface area (Å²) in [7, 11) is 0.969. The first-order chi connectivity index (χ1) is 23.6. The molecule has 3 N–H and O–H groups in total. The van der Waals surface area contributed by atoms with E-state index in [1.807, 2.05) is 33.8 Å². The molecule has 10 heteroatoms. The molecule has 0 bridgehead atoms. The molecule has 6 rings (SSSR count). The Morgan fingerprint density at radius 2 is 1.76 bits per heavy atom. The normalized spacial score (nSPS) is 20.9. The number of hydrogen-bond donors (Lipinski definition) is 3. The lowest BCUT2D eigenvalue weighted by Crippen LogP contribution is -2.50. The summed E-state index contributed by atoms with van der Waals surface area (Å²) in [6.45, 7) is 7.50. The van der Waals surface area contributed by atoms with Gasteiger partial charge in [0, 0.05) is 29.6 Å². The molecule has 4 atom stereocenters. The van der Waals surface area contributed by atoms with Gasteiger partial charge in [-0.2, -0.15) is 13.2 Å². The molecule has 2 aliphatic carbocycles. The van der Waals surface area contributed by atoms with Gasteiger partial charge < -0.3 is 20.4 Å². The molecule has 1 amide bonds. The fourth-order valence-electron chi connectivity index (χ4n) is 7.60. The summed E-state index contributed by atoms with van der Waals surface area (Å²) in [6, 6.07) is 18.1. The number of fused-ring (bicyclic) bond motifs is 2. The Morgan fingerprint density at radius 3 is 2.36 bits per heavy atom. The maximum Gasteiger partial charge on any atom is 0.427 e. The lowest BCUT2D eigenvalue weighted by molar-refractivity contribution is -0.246. The molecule has 0 radical (unpaired) electrons. The molecule has 0 saturated heterocycles. The number of benzene rings is 3. The number of amides is 1. The van der Waals surface area contributed by atoms with E-state index in [4.69, 9.17) is 10.1 Å². The second kappa shape index (κ2) is 12.8. The summed E-state index contributed by atoms with van der Waals surface area (Å²) in [5.74, 6) is -0.593. The molecule has 1 fully saturated rings. The molecule has 6 nitrogen and oxygen atoms in total. The SMILES string of the molecule is CO[C@@](C(=N)CCc1c(C)[nH]c(/C=C2\C(=O)C3(CC3C)c3ccc(C(=O)N[C@H](C)c4ccc(F)cc4)cc32)c1C)(c1ccccc1)C(F)(F)F. The Balaban J connectivity index is 1.29. The van der Waals surface area contributed by atoms with E-state index in [2.05, 4.69) is 10.3 Å². The Kier molecular flexibility index (Phi) is 8.97. The van der Waals surface area contributed by atoms with Crippen LogP contribution in [-0.4, -0.2) is 35.7 Å². The van der Waals surface area contributed by atoms with Crippen LogP contribution < -0.4 is 5.32 Å². The Bertz CT molecular complexity index is 2020. The second-order valence-corrected chi connectivity index (χ2v) is 13.5. The Labute approximate surface area is 288 Å². The van der Waals surface area contributed by atoms with Crippen LogP contribution in [0, 0.1) is 31.0 Å². The number of alkyl halides is 3. The number of Topliss-reactive ketones (excluding diaryl/α,β-unsaturated/α-hetero) is 1. The van der Waals surface area contributed by atoms with Crippen molar-refractivity contribution in [1.82, 2.24) is 10.3 Å². The smallest absolute Gasteiger partial charge is 0.359 e. The molecule has 4 aromatic rings. The van der Waals surface area contributed by atoms with E-state index in [1.54, 1.807) is 36.4 Å². The van der Waals surface area contributed by atoms with Crippen molar-refractivity contribution in [2.45, 2.75) is 70.2 Å². The summed E-state index contributed by atoms with van der Waals surface area (Å²) in [5, 5.41) is 11.6. The van der Waals surface area contributed by atoms with Gasteiger partial charge in [-0.3, -0.25) is 9.59 Å². The van der Waals surface area contributed by atoms with Crippen molar-refractivity contribution < 1.29 is 31.9 Å². The lowest BCUT2D eigenvalue weighted by atomic mass is 9.84. The molecule has 2 unspecified atom stereocenters. The van der Waals surface area contributed by atoms with E-state index in [-0.39, 0.29) is 47.9 Å². The molecule has 1 saturated carbocycles. The van der Waals surface area contributed by atoms with Gasteiger partial charge in [0.2, 0.25) is 5.60 Å². The maximum absolute atomic E-state index is 14.6. The van der Waals surface area contributed by atoms with Crippen molar-refractivity contribution in [1.29, 1.82) is 5.41 Å². The topological polar surface area (TPSA) is 95.0 Å². The summed E-state index contributed by atoms with van der Waals surface area (Å²) < 4.78 is 62.2. The van der Waals surface area contributed by atoms with E-state index in [0.29, 0.717) is 28.8 Å². The minimum atomic E-state index is -4.86. The molecular formula is C40H39F4N3O3. The lowest BCUT2D eigenvalue weighted by Gasteiger charge is -2.35. The van der Waals surface area contributed by atoms with Gasteiger partial charge in [0.25, 0.3) is 5.91 Å². The van der Waals surface area contributed by atoms with E-state index in [0.717, 1.165) is 35.1 Å². The second-order valence-electron chi connectivity index (χ2n) is 13.5. The van der Waals surface area contributed by atoms with Crippen LogP contribution in [-0.2, 0) is 27.0 Å². The summed E-state index contributed by atoms with van der Waals surface area (Å²) >= 11 is 0. The quantitative estimate of drug-likeness (QED) is 0.0886. The standard InChI is InChI=1S/C40H39F4N3O3/c1-22-21-38(22)33-17-13-27(37(49)47-24(3)26-11-14-29(41)15-12-26)19-31(33)32(36(38)48)20-34-23(2)30(25(4)46-34)16-18-35(45)39(50-5,40(42,43)44)28-9-7-6-8-10-28/h6-15,17,19-20,22,24,45-46H,16,18,21H2,1-5H3,(H,47,49)/b32-20-,45-35?/t22?,24-,38?,39-/m1/s1. The zero-order valence-electron chi connectivity index (χ0n) is 28.5. The Hall–Kier alpha value is -4.83. The number of aromatic amines is 1. The first-order valence-corrected chi connectivity index (χ1v) is 16.6. The van der Waals surface area contributed by atoms with Crippen LogP contribution in [0.25, 0.3) is 11.6 Å². The van der Waals surface area contributed by atoms with Crippen LogP contribution in [0.1, 0.15) is 87.9 Å². The third kappa shape index (κ3) is 5.69. The average Bonchev–Trinajstić information content (AvgIpc) is 3.62. The number of ether oxygens (including phenoxy) is 1. The number of methoxy groups -OCH3 is 1. The first kappa shape index (κ1) is 35.0. The van der Waals surface area contributed by atoms with Crippen molar-refractivity contribution in [3.05, 3.63) is 129 Å². The highest BCUT2D eigenvalue weighted by Gasteiger charge is 2.63. The number of allylic oxidation sites excluding steroid dienone is 1. The molecule has 0 aliphatic heterocycles. The zero-order chi connectivity index (χ0) is 36.2. The highest BCUT2D eigenvalue weighted by Crippen LogP contribution is 2.62. The monoisotopic (exact) mass is 685 g/mol. The first-order valence-electron chi connectivity index (χ1n) is 16.6. The molecule has 3 aromatic carbocycles. The third-order valence-corrected chi connectivity index (χ3v) is 10.6. The van der Waals surface area contributed by atoms with E-state index in [1.165, 1.54) is 36.4 Å². The number of hydrogen-bond acceptors (Lipinski definition) is 4. The predicted molar refractivity (Wildman–Crippen MR) is 185 cm³/mol. The van der Waals surface area contributed by atoms with Crippen LogP contribution in [0.2, 0.25) is 0 Å². The number of carbonyl (C=O) groups is 2. The minimum absolute atomic E-state index is 0.0230. The van der Waals surface area contributed by atoms with Crippen LogP contribution in [0.3, 0.4) is 0 Å². The van der Waals surface area contributed by atoms with E-state index >= 15 is 0 Å². The number of ketones is 1. The Morgan fingerprint density at radius 1 is 1.10 bits per heavy atom. The summed E-state index contributed by atoms with van der Waals surface area (Å²) in [6.07, 6.45) is -2.46. The maximum atomic E-state index is 14.6. The van der Waals surface area contributed by atoms with Gasteiger partial charge in [0.15, 0.2) is 5.78 Å². The zero-order valence-corrected chi connectivity index (χ0v) is 28.5. The number of H-pyrrole nitrogens is 1. The third-order valence-electron chi connectivity index (χ3n) is 10.6. The van der Waals surface area contributed by atoms with Crippen LogP contribution in [0.4, 0.5) is 17.6 Å². The van der Waals surface area contributed by atoms with Crippen molar-refractivity contribution in [3.63, 3.8) is 0 Å². The van der Waals surface area contributed by atoms with Gasteiger partial charge in [0.05, 0.1) is 17.2 Å². The van der Waals surface area contributed by atoms with Crippen molar-refractivity contribution in [2.75, 3.05) is 7.11 Å². The fraction of sp³-hybridized carbons (Fsp3) is 0.325. The summed E-state index contributed by atoms with van der Waals surface area (Å²) in [4.78, 5) is 30.7. The van der Waals surface area contributed by atoms with Gasteiger partial charge in [-0.15, -0.1) is 0 Å². The molecule has 2 aliphatic rings. The number of rotatable bonds is 10. The molecule has 1 aromatic heterocycles. The molecular weight excluding hydrogens is 646 g/mol. The number of carbonyl (C=O) groups excluding carboxylic acids is 2. The average molecular weight is 686 g/mol. The van der Waals surface area contributed by atoms with Gasteiger partial charge in [-0.1, -0.05) is 55.5 Å². The van der Waals surface area contributed by atoms with Crippen LogP contribution in [0.5, 0.6) is 0 Å². The van der Waals surface area contributed by atoms with Crippen LogP contribution >= 0.6 is 0 Å². The predicted octanol–water partition coefficient (Wildman–Crippen LogP) is 8.72. The van der Waals surface area contributed by atoms with Gasteiger partial charge in [-0.05, 0) is 110 Å². The molecule has 1 heterocycles. The fourth-order valence-corrected chi connectivity index (χ4v) is 7.60. The van der Waals surface area contributed by atoms with Gasteiger partial charge in [-0.25, -0.2) is 4.39 Å². The van der Waals surface area contributed by atoms with Crippen LogP contribution in [0.15, 0.2) is 72.8 Å². The molecule has 1 spiro atoms. The highest BCUT2D eigenvalue weighted by atomic mass is 19.4. The number of nitrogens with one attached hydrogen (secondary N) is 3. The molecule has 50 heavy (non-hydrogen) atoms. The minimum Gasteiger partial charge on any atom is -0.359 e. The van der Waals surface area contributed by atoms with Gasteiger partial charge in [0.1, 0.15) is 5.82 Å². The van der Waals surface area contributed by atoms with E-state index < -0.39 is 22.9 Å². The van der Waals surface area contributed by atoms with E-state index in [9.17, 15) is 27.2 Å². The largest absolute Gasteiger partial charge is 0.427 e. The van der Waals surface area contributed by atoms with Crippen molar-refractivity contribution in [3.8, 4) is 0 Å². The van der Waals surface area contributed by atoms with Crippen molar-refractivity contribution in [2.24, 2.45) is 5.92 Å². The van der Waals surface area contributed by atoms with Crippen molar-refractivity contribution >= 4 is 29.1 Å². The number of aromatic nitrogens is 1. The molecule has 260 valence electrons. The number of aryl methyl sites for hydroxylation is 1. The number of halogens is 4.